The second-order valence-corrected chi connectivity index (χ2v) is 5.98. The van der Waals surface area contributed by atoms with Crippen molar-refractivity contribution >= 4 is 43.5 Å². The maximum atomic E-state index is 11.8. The van der Waals surface area contributed by atoms with Crippen molar-refractivity contribution in [1.82, 2.24) is 4.90 Å². The Hall–Kier alpha value is -0.550. The number of nitrogens with one attached hydrogen (secondary N) is 1. The van der Waals surface area contributed by atoms with E-state index >= 15 is 0 Å². The smallest absolute Gasteiger partial charge is 0.241 e. The van der Waals surface area contributed by atoms with Gasteiger partial charge in [0, 0.05) is 27.7 Å². The summed E-state index contributed by atoms with van der Waals surface area (Å²) in [5.41, 5.74) is 0.936. The van der Waals surface area contributed by atoms with Crippen LogP contribution in [0.3, 0.4) is 0 Å². The molecular formula is C12H14Br2N2O. The SMILES string of the molecule is CN(C(=O)CNc1ccc(Br)cc1Br)C1CC1. The number of likely N-dealkylation sites (N-methyl/N-ethyl adjacent to an activating group) is 1. The third kappa shape index (κ3) is 3.45. The Bertz CT molecular complexity index is 433. The zero-order chi connectivity index (χ0) is 12.4. The molecule has 0 radical (unpaired) electrons. The Balaban J connectivity index is 1.90. The number of rotatable bonds is 4. The summed E-state index contributed by atoms with van der Waals surface area (Å²) in [5.74, 6) is 0.141. The first-order chi connectivity index (χ1) is 8.08. The van der Waals surface area contributed by atoms with Crippen LogP contribution in [0.15, 0.2) is 27.1 Å². The molecule has 1 amide bonds. The van der Waals surface area contributed by atoms with Crippen LogP contribution in [0.25, 0.3) is 0 Å². The lowest BCUT2D eigenvalue weighted by atomic mass is 10.3. The number of hydrogen-bond donors (Lipinski definition) is 1. The lowest BCUT2D eigenvalue weighted by Gasteiger charge is -2.17. The van der Waals surface area contributed by atoms with Gasteiger partial charge in [-0.25, -0.2) is 0 Å². The summed E-state index contributed by atoms with van der Waals surface area (Å²) in [6.45, 7) is 0.341. The molecule has 2 rings (SSSR count). The zero-order valence-corrected chi connectivity index (χ0v) is 12.7. The largest absolute Gasteiger partial charge is 0.375 e. The highest BCUT2D eigenvalue weighted by Gasteiger charge is 2.29. The first-order valence-corrected chi connectivity index (χ1v) is 7.11. The zero-order valence-electron chi connectivity index (χ0n) is 9.54. The normalized spacial score (nSPS) is 14.5. The quantitative estimate of drug-likeness (QED) is 0.892. The van der Waals surface area contributed by atoms with Crippen LogP contribution in [0.1, 0.15) is 12.8 Å². The number of anilines is 1. The summed E-state index contributed by atoms with van der Waals surface area (Å²) < 4.78 is 1.96. The van der Waals surface area contributed by atoms with Crippen LogP contribution in [0.5, 0.6) is 0 Å². The molecule has 0 heterocycles. The lowest BCUT2D eigenvalue weighted by molar-refractivity contribution is -0.128. The van der Waals surface area contributed by atoms with Crippen LogP contribution in [0.2, 0.25) is 0 Å². The fraction of sp³-hybridized carbons (Fsp3) is 0.417. The van der Waals surface area contributed by atoms with Gasteiger partial charge in [0.1, 0.15) is 0 Å². The van der Waals surface area contributed by atoms with Gasteiger partial charge in [0.25, 0.3) is 0 Å². The van der Waals surface area contributed by atoms with Gasteiger partial charge in [-0.15, -0.1) is 0 Å². The molecule has 0 unspecified atom stereocenters. The Morgan fingerprint density at radius 1 is 1.47 bits per heavy atom. The van der Waals surface area contributed by atoms with Gasteiger partial charge < -0.3 is 10.2 Å². The summed E-state index contributed by atoms with van der Waals surface area (Å²) in [6, 6.07) is 6.32. The maximum Gasteiger partial charge on any atom is 0.241 e. The van der Waals surface area contributed by atoms with E-state index in [1.807, 2.05) is 30.1 Å². The van der Waals surface area contributed by atoms with Crippen molar-refractivity contribution in [1.29, 1.82) is 0 Å². The molecular weight excluding hydrogens is 348 g/mol. The van der Waals surface area contributed by atoms with E-state index in [4.69, 9.17) is 0 Å². The highest BCUT2D eigenvalue weighted by Crippen LogP contribution is 2.27. The molecule has 1 aromatic carbocycles. The van der Waals surface area contributed by atoms with Gasteiger partial charge in [0.15, 0.2) is 0 Å². The molecule has 1 aliphatic rings. The molecule has 0 spiro atoms. The van der Waals surface area contributed by atoms with Crippen molar-refractivity contribution in [2.75, 3.05) is 18.9 Å². The van der Waals surface area contributed by atoms with Gasteiger partial charge >= 0.3 is 0 Å². The number of benzene rings is 1. The van der Waals surface area contributed by atoms with Gasteiger partial charge in [-0.05, 0) is 47.0 Å². The molecule has 1 N–H and O–H groups in total. The third-order valence-electron chi connectivity index (χ3n) is 2.85. The number of hydrogen-bond acceptors (Lipinski definition) is 2. The van der Waals surface area contributed by atoms with Crippen molar-refractivity contribution in [2.24, 2.45) is 0 Å². The average molecular weight is 362 g/mol. The van der Waals surface area contributed by atoms with Crippen LogP contribution in [0, 0.1) is 0 Å². The Morgan fingerprint density at radius 3 is 2.76 bits per heavy atom. The summed E-state index contributed by atoms with van der Waals surface area (Å²) in [6.07, 6.45) is 2.29. The van der Waals surface area contributed by atoms with E-state index in [-0.39, 0.29) is 5.91 Å². The molecule has 0 bridgehead atoms. The number of amides is 1. The number of carbonyl (C=O) groups excluding carboxylic acids is 1. The molecule has 0 aromatic heterocycles. The highest BCUT2D eigenvalue weighted by molar-refractivity contribution is 9.11. The maximum absolute atomic E-state index is 11.8. The second kappa shape index (κ2) is 5.40. The van der Waals surface area contributed by atoms with Crippen LogP contribution in [0.4, 0.5) is 5.69 Å². The van der Waals surface area contributed by atoms with E-state index in [2.05, 4.69) is 37.2 Å². The Kier molecular flexibility index (Phi) is 4.09. The Labute approximate surface area is 118 Å². The Morgan fingerprint density at radius 2 is 2.18 bits per heavy atom. The first-order valence-electron chi connectivity index (χ1n) is 5.52. The van der Waals surface area contributed by atoms with Crippen molar-refractivity contribution in [3.63, 3.8) is 0 Å². The lowest BCUT2D eigenvalue weighted by Crippen LogP contribution is -2.33. The minimum absolute atomic E-state index is 0.141. The number of halogens is 2. The average Bonchev–Trinajstić information content (AvgIpc) is 3.10. The molecule has 0 atom stereocenters. The summed E-state index contributed by atoms with van der Waals surface area (Å²) in [5, 5.41) is 3.14. The fourth-order valence-corrected chi connectivity index (χ4v) is 2.78. The number of nitrogens with zero attached hydrogens (tertiary/aromatic N) is 1. The van der Waals surface area contributed by atoms with Crippen molar-refractivity contribution in [3.05, 3.63) is 27.1 Å². The van der Waals surface area contributed by atoms with Gasteiger partial charge in [-0.3, -0.25) is 4.79 Å². The van der Waals surface area contributed by atoms with Gasteiger partial charge in [-0.1, -0.05) is 15.9 Å². The van der Waals surface area contributed by atoms with Crippen molar-refractivity contribution < 1.29 is 4.79 Å². The van der Waals surface area contributed by atoms with Crippen LogP contribution >= 0.6 is 31.9 Å². The van der Waals surface area contributed by atoms with Crippen molar-refractivity contribution in [2.45, 2.75) is 18.9 Å². The number of carbonyl (C=O) groups is 1. The summed E-state index contributed by atoms with van der Waals surface area (Å²) in [7, 11) is 1.87. The molecule has 1 aliphatic carbocycles. The monoisotopic (exact) mass is 360 g/mol. The molecule has 1 saturated carbocycles. The molecule has 1 fully saturated rings. The molecule has 1 aromatic rings. The predicted molar refractivity (Wildman–Crippen MR) is 76.1 cm³/mol. The van der Waals surface area contributed by atoms with E-state index in [0.29, 0.717) is 12.6 Å². The van der Waals surface area contributed by atoms with Gasteiger partial charge in [0.2, 0.25) is 5.91 Å². The predicted octanol–water partition coefficient (Wildman–Crippen LogP) is 3.24. The van der Waals surface area contributed by atoms with Crippen LogP contribution in [-0.4, -0.2) is 30.4 Å². The van der Waals surface area contributed by atoms with Crippen molar-refractivity contribution in [3.8, 4) is 0 Å². The van der Waals surface area contributed by atoms with E-state index < -0.39 is 0 Å². The van der Waals surface area contributed by atoms with E-state index in [0.717, 1.165) is 27.5 Å². The minimum Gasteiger partial charge on any atom is -0.375 e. The van der Waals surface area contributed by atoms with Gasteiger partial charge in [-0.2, -0.15) is 0 Å². The minimum atomic E-state index is 0.141. The second-order valence-electron chi connectivity index (χ2n) is 4.21. The van der Waals surface area contributed by atoms with E-state index in [9.17, 15) is 4.79 Å². The van der Waals surface area contributed by atoms with Crippen LogP contribution < -0.4 is 5.32 Å². The van der Waals surface area contributed by atoms with E-state index in [1.165, 1.54) is 0 Å². The summed E-state index contributed by atoms with van der Waals surface area (Å²) in [4.78, 5) is 13.6. The molecule has 92 valence electrons. The first kappa shape index (κ1) is 12.9. The molecule has 0 aliphatic heterocycles. The van der Waals surface area contributed by atoms with Crippen LogP contribution in [-0.2, 0) is 4.79 Å². The molecule has 3 nitrogen and oxygen atoms in total. The van der Waals surface area contributed by atoms with E-state index in [1.54, 1.807) is 0 Å². The van der Waals surface area contributed by atoms with Gasteiger partial charge in [0.05, 0.1) is 6.54 Å². The molecule has 0 saturated heterocycles. The molecule has 5 heteroatoms. The third-order valence-corrected chi connectivity index (χ3v) is 4.00. The highest BCUT2D eigenvalue weighted by atomic mass is 79.9. The summed E-state index contributed by atoms with van der Waals surface area (Å²) >= 11 is 6.85. The standard InChI is InChI=1S/C12H14Br2N2O/c1-16(9-3-4-9)12(17)7-15-11-5-2-8(13)6-10(11)14/h2,5-6,9,15H,3-4,7H2,1H3. The molecule has 17 heavy (non-hydrogen) atoms. The topological polar surface area (TPSA) is 32.3 Å². The fourth-order valence-electron chi connectivity index (χ4n) is 1.59.